The minimum atomic E-state index is -3.32. The van der Waals surface area contributed by atoms with E-state index in [0.717, 1.165) is 6.42 Å². The molecule has 0 spiro atoms. The summed E-state index contributed by atoms with van der Waals surface area (Å²) in [7, 11) is -1.75. The number of hydrogen-bond acceptors (Lipinski definition) is 4. The van der Waals surface area contributed by atoms with Crippen molar-refractivity contribution >= 4 is 16.0 Å². The summed E-state index contributed by atoms with van der Waals surface area (Å²) >= 11 is 0. The van der Waals surface area contributed by atoms with Crippen LogP contribution in [-0.2, 0) is 30.0 Å². The Morgan fingerprint density at radius 3 is 2.75 bits per heavy atom. The second kappa shape index (κ2) is 5.53. The zero-order valence-corrected chi connectivity index (χ0v) is 12.5. The molecule has 0 radical (unpaired) electrons. The normalized spacial score (nSPS) is 16.1. The topological polar surface area (TPSA) is 92.5 Å². The molecular weight excluding hydrogens is 282 g/mol. The van der Waals surface area contributed by atoms with E-state index in [1.165, 1.54) is 8.99 Å². The van der Waals surface area contributed by atoms with E-state index in [1.807, 2.05) is 6.92 Å². The van der Waals surface area contributed by atoms with Gasteiger partial charge in [-0.05, 0) is 6.42 Å². The third-order valence-corrected chi connectivity index (χ3v) is 5.42. The molecule has 0 atom stereocenters. The van der Waals surface area contributed by atoms with E-state index in [1.54, 1.807) is 7.05 Å². The van der Waals surface area contributed by atoms with Crippen LogP contribution in [0.1, 0.15) is 41.5 Å². The van der Waals surface area contributed by atoms with Gasteiger partial charge in [0.05, 0.1) is 11.4 Å². The van der Waals surface area contributed by atoms with Gasteiger partial charge in [-0.1, -0.05) is 13.3 Å². The summed E-state index contributed by atoms with van der Waals surface area (Å²) in [6.45, 7) is 2.42. The van der Waals surface area contributed by atoms with Gasteiger partial charge in [0, 0.05) is 32.1 Å². The number of rotatable bonds is 5. The average Bonchev–Trinajstić information content (AvgIpc) is 2.71. The van der Waals surface area contributed by atoms with Crippen LogP contribution < -0.4 is 0 Å². The van der Waals surface area contributed by atoms with Crippen molar-refractivity contribution in [3.05, 3.63) is 17.0 Å². The first-order chi connectivity index (χ1) is 9.36. The standard InChI is InChI=1S/C12H19N3O4S/c1-3-4-7-20(18,19)15-6-5-10-9(8-15)11(12(16)17)14(2)13-10/h3-8H2,1-2H3,(H,16,17). The monoisotopic (exact) mass is 301 g/mol. The highest BCUT2D eigenvalue weighted by Crippen LogP contribution is 2.24. The summed E-state index contributed by atoms with van der Waals surface area (Å²) in [5, 5.41) is 13.4. The SMILES string of the molecule is CCCCS(=O)(=O)N1CCc2nn(C)c(C(=O)O)c2C1. The minimum absolute atomic E-state index is 0.0791. The summed E-state index contributed by atoms with van der Waals surface area (Å²) in [5.41, 5.74) is 1.29. The molecule has 0 saturated carbocycles. The largest absolute Gasteiger partial charge is 0.477 e. The smallest absolute Gasteiger partial charge is 0.354 e. The van der Waals surface area contributed by atoms with Crippen molar-refractivity contribution < 1.29 is 18.3 Å². The molecule has 0 saturated heterocycles. The van der Waals surface area contributed by atoms with Gasteiger partial charge in [0.2, 0.25) is 10.0 Å². The lowest BCUT2D eigenvalue weighted by Crippen LogP contribution is -2.37. The minimum Gasteiger partial charge on any atom is -0.477 e. The van der Waals surface area contributed by atoms with Crippen molar-refractivity contribution in [2.75, 3.05) is 12.3 Å². The van der Waals surface area contributed by atoms with E-state index in [2.05, 4.69) is 5.10 Å². The Morgan fingerprint density at radius 2 is 2.15 bits per heavy atom. The van der Waals surface area contributed by atoms with Gasteiger partial charge in [-0.3, -0.25) is 4.68 Å². The predicted octanol–water partition coefficient (Wildman–Crippen LogP) is 0.606. The summed E-state index contributed by atoms with van der Waals surface area (Å²) in [6.07, 6.45) is 1.89. The number of fused-ring (bicyclic) bond motifs is 1. The molecule has 2 heterocycles. The van der Waals surface area contributed by atoms with E-state index >= 15 is 0 Å². The van der Waals surface area contributed by atoms with E-state index in [9.17, 15) is 18.3 Å². The lowest BCUT2D eigenvalue weighted by molar-refractivity contribution is 0.0683. The van der Waals surface area contributed by atoms with E-state index in [4.69, 9.17) is 0 Å². The Balaban J connectivity index is 2.28. The van der Waals surface area contributed by atoms with Gasteiger partial charge in [-0.25, -0.2) is 13.2 Å². The summed E-state index contributed by atoms with van der Waals surface area (Å²) in [4.78, 5) is 11.3. The van der Waals surface area contributed by atoms with Crippen LogP contribution >= 0.6 is 0 Å². The second-order valence-electron chi connectivity index (χ2n) is 4.96. The van der Waals surface area contributed by atoms with Crippen molar-refractivity contribution in [2.45, 2.75) is 32.7 Å². The Labute approximate surface area is 118 Å². The molecular formula is C12H19N3O4S. The van der Waals surface area contributed by atoms with Crippen molar-refractivity contribution in [2.24, 2.45) is 7.05 Å². The lowest BCUT2D eigenvalue weighted by Gasteiger charge is -2.25. The molecule has 0 fully saturated rings. The van der Waals surface area contributed by atoms with Gasteiger partial charge in [0.15, 0.2) is 5.69 Å². The average molecular weight is 301 g/mol. The fourth-order valence-electron chi connectivity index (χ4n) is 2.44. The van der Waals surface area contributed by atoms with Gasteiger partial charge in [0.25, 0.3) is 0 Å². The third-order valence-electron chi connectivity index (χ3n) is 3.51. The van der Waals surface area contributed by atoms with Gasteiger partial charge in [-0.2, -0.15) is 9.40 Å². The van der Waals surface area contributed by atoms with Crippen LogP contribution in [0.3, 0.4) is 0 Å². The van der Waals surface area contributed by atoms with E-state index < -0.39 is 16.0 Å². The number of carboxylic acids is 1. The van der Waals surface area contributed by atoms with Gasteiger partial charge < -0.3 is 5.11 Å². The van der Waals surface area contributed by atoms with Crippen LogP contribution in [0.5, 0.6) is 0 Å². The number of aromatic carboxylic acids is 1. The first-order valence-electron chi connectivity index (χ1n) is 6.62. The van der Waals surface area contributed by atoms with Crippen molar-refractivity contribution in [1.29, 1.82) is 0 Å². The maximum Gasteiger partial charge on any atom is 0.354 e. The molecule has 7 nitrogen and oxygen atoms in total. The summed E-state index contributed by atoms with van der Waals surface area (Å²) in [6, 6.07) is 0. The van der Waals surface area contributed by atoms with Crippen LogP contribution in [0.25, 0.3) is 0 Å². The van der Waals surface area contributed by atoms with Crippen molar-refractivity contribution in [3.8, 4) is 0 Å². The molecule has 1 aliphatic rings. The highest BCUT2D eigenvalue weighted by atomic mass is 32.2. The highest BCUT2D eigenvalue weighted by Gasteiger charge is 2.32. The molecule has 1 aromatic heterocycles. The molecule has 1 N–H and O–H groups in total. The first kappa shape index (κ1) is 15.0. The van der Waals surface area contributed by atoms with Crippen LogP contribution in [-0.4, -0.2) is 45.9 Å². The third kappa shape index (κ3) is 2.71. The van der Waals surface area contributed by atoms with Crippen LogP contribution in [0.4, 0.5) is 0 Å². The van der Waals surface area contributed by atoms with Gasteiger partial charge >= 0.3 is 5.97 Å². The lowest BCUT2D eigenvalue weighted by atomic mass is 10.1. The molecule has 0 aliphatic carbocycles. The Kier molecular flexibility index (Phi) is 4.14. The fraction of sp³-hybridized carbons (Fsp3) is 0.667. The Bertz CT molecular complexity index is 621. The highest BCUT2D eigenvalue weighted by molar-refractivity contribution is 7.89. The number of aromatic nitrogens is 2. The zero-order valence-electron chi connectivity index (χ0n) is 11.7. The van der Waals surface area contributed by atoms with Crippen LogP contribution in [0.15, 0.2) is 0 Å². The molecule has 0 amide bonds. The zero-order chi connectivity index (χ0) is 14.9. The number of hydrogen-bond donors (Lipinski definition) is 1. The number of sulfonamides is 1. The fourth-order valence-corrected chi connectivity index (χ4v) is 4.04. The van der Waals surface area contributed by atoms with E-state index in [0.29, 0.717) is 30.6 Å². The molecule has 0 aromatic carbocycles. The Hall–Kier alpha value is -1.41. The maximum atomic E-state index is 12.2. The summed E-state index contributed by atoms with van der Waals surface area (Å²) < 4.78 is 27.1. The number of carbonyl (C=O) groups is 1. The van der Waals surface area contributed by atoms with Gasteiger partial charge in [0.1, 0.15) is 0 Å². The predicted molar refractivity (Wildman–Crippen MR) is 73.0 cm³/mol. The number of aryl methyl sites for hydroxylation is 1. The molecule has 2 rings (SSSR count). The maximum absolute atomic E-state index is 12.2. The second-order valence-corrected chi connectivity index (χ2v) is 7.04. The quantitative estimate of drug-likeness (QED) is 0.860. The van der Waals surface area contributed by atoms with Crippen LogP contribution in [0, 0.1) is 0 Å². The number of nitrogens with zero attached hydrogens (tertiary/aromatic N) is 3. The summed E-state index contributed by atoms with van der Waals surface area (Å²) in [5.74, 6) is -0.962. The van der Waals surface area contributed by atoms with Crippen molar-refractivity contribution in [3.63, 3.8) is 0 Å². The molecule has 8 heteroatoms. The number of carboxylic acid groups (broad SMARTS) is 1. The van der Waals surface area contributed by atoms with Crippen LogP contribution in [0.2, 0.25) is 0 Å². The van der Waals surface area contributed by atoms with E-state index in [-0.39, 0.29) is 18.0 Å². The first-order valence-corrected chi connectivity index (χ1v) is 8.23. The van der Waals surface area contributed by atoms with Gasteiger partial charge in [-0.15, -0.1) is 0 Å². The molecule has 0 bridgehead atoms. The van der Waals surface area contributed by atoms with Crippen molar-refractivity contribution in [1.82, 2.24) is 14.1 Å². The molecule has 20 heavy (non-hydrogen) atoms. The molecule has 1 aliphatic heterocycles. The number of unbranched alkanes of at least 4 members (excludes halogenated alkanes) is 1. The molecule has 1 aromatic rings. The molecule has 112 valence electrons. The Morgan fingerprint density at radius 1 is 1.45 bits per heavy atom. The molecule has 0 unspecified atom stereocenters.